The van der Waals surface area contributed by atoms with E-state index in [9.17, 15) is 9.90 Å². The Labute approximate surface area is 177 Å². The fourth-order valence-electron chi connectivity index (χ4n) is 3.35. The van der Waals surface area contributed by atoms with Gasteiger partial charge in [-0.15, -0.1) is 11.3 Å². The van der Waals surface area contributed by atoms with Crippen LogP contribution in [0.4, 0.5) is 5.69 Å². The van der Waals surface area contributed by atoms with Crippen LogP contribution in [-0.4, -0.2) is 21.0 Å². The summed E-state index contributed by atoms with van der Waals surface area (Å²) in [5, 5.41) is 13.8. The second-order valence-electron chi connectivity index (χ2n) is 6.85. The molecule has 0 aliphatic heterocycles. The zero-order valence-electron chi connectivity index (χ0n) is 15.9. The second-order valence-corrected chi connectivity index (χ2v) is 8.55. The molecule has 2 aromatic heterocycles. The number of anilines is 1. The third-order valence-electron chi connectivity index (χ3n) is 4.63. The van der Waals surface area contributed by atoms with Crippen molar-refractivity contribution in [1.82, 2.24) is 9.97 Å². The van der Waals surface area contributed by atoms with E-state index < -0.39 is 5.97 Å². The molecule has 0 saturated carbocycles. The van der Waals surface area contributed by atoms with Crippen LogP contribution in [0.25, 0.3) is 22.2 Å². The topological polar surface area (TPSA) is 75.1 Å². The van der Waals surface area contributed by atoms with E-state index in [-0.39, 0.29) is 5.56 Å². The van der Waals surface area contributed by atoms with Crippen molar-refractivity contribution >= 4 is 45.5 Å². The van der Waals surface area contributed by atoms with E-state index in [0.29, 0.717) is 27.6 Å². The Morgan fingerprint density at radius 2 is 2.03 bits per heavy atom. The number of rotatable bonds is 5. The lowest BCUT2D eigenvalue weighted by molar-refractivity contribution is 0.0699. The molecule has 0 aliphatic rings. The number of benzene rings is 2. The monoisotopic (exact) mass is 423 g/mol. The summed E-state index contributed by atoms with van der Waals surface area (Å²) < 4.78 is 0.516. The van der Waals surface area contributed by atoms with E-state index in [0.717, 1.165) is 27.3 Å². The number of hydrogen-bond acceptors (Lipinski definition) is 5. The number of carboxylic acids is 1. The molecule has 5 nitrogen and oxygen atoms in total. The van der Waals surface area contributed by atoms with Gasteiger partial charge in [-0.05, 0) is 43.7 Å². The summed E-state index contributed by atoms with van der Waals surface area (Å²) >= 11 is 7.31. The van der Waals surface area contributed by atoms with Gasteiger partial charge in [0.1, 0.15) is 0 Å². The maximum atomic E-state index is 11.9. The molecule has 0 amide bonds. The molecule has 0 aliphatic carbocycles. The summed E-state index contributed by atoms with van der Waals surface area (Å²) in [5.74, 6) is -0.958. The first-order valence-corrected chi connectivity index (χ1v) is 10.2. The Morgan fingerprint density at radius 3 is 2.76 bits per heavy atom. The standard InChI is InChI=1S/C22H18ClN3O2S/c1-12-6-13(2)20-17(7-12)18(21(27)28)9-19(26-20)14-4-3-5-15(8-14)24-10-16-11-25-22(23)29-16/h3-9,11,24H,10H2,1-2H3,(H,27,28). The number of thiazole rings is 1. The number of aryl methyl sites for hydroxylation is 2. The Bertz CT molecular complexity index is 1240. The quantitative estimate of drug-likeness (QED) is 0.415. The van der Waals surface area contributed by atoms with Crippen LogP contribution in [0.2, 0.25) is 4.47 Å². The molecule has 7 heteroatoms. The molecule has 0 atom stereocenters. The first-order chi connectivity index (χ1) is 13.9. The molecular weight excluding hydrogens is 406 g/mol. The van der Waals surface area contributed by atoms with E-state index >= 15 is 0 Å². The zero-order chi connectivity index (χ0) is 20.5. The van der Waals surface area contributed by atoms with Gasteiger partial charge in [-0.3, -0.25) is 0 Å². The molecule has 29 heavy (non-hydrogen) atoms. The Balaban J connectivity index is 1.73. The average Bonchev–Trinajstić information content (AvgIpc) is 3.11. The number of halogens is 1. The summed E-state index contributed by atoms with van der Waals surface area (Å²) in [5.41, 5.74) is 5.33. The lowest BCUT2D eigenvalue weighted by Gasteiger charge is -2.11. The molecule has 4 aromatic rings. The lowest BCUT2D eigenvalue weighted by Crippen LogP contribution is -2.02. The Morgan fingerprint density at radius 1 is 1.21 bits per heavy atom. The summed E-state index contributed by atoms with van der Waals surface area (Å²) in [6, 6.07) is 13.3. The first-order valence-electron chi connectivity index (χ1n) is 9.00. The maximum absolute atomic E-state index is 11.9. The number of nitrogens with zero attached hydrogens (tertiary/aromatic N) is 2. The molecular formula is C22H18ClN3O2S. The van der Waals surface area contributed by atoms with Crippen LogP contribution in [0.15, 0.2) is 48.7 Å². The van der Waals surface area contributed by atoms with Crippen molar-refractivity contribution in [2.75, 3.05) is 5.32 Å². The van der Waals surface area contributed by atoms with Crippen molar-refractivity contribution in [3.8, 4) is 11.3 Å². The Kier molecular flexibility index (Phi) is 5.22. The third-order valence-corrected chi connectivity index (χ3v) is 5.74. The van der Waals surface area contributed by atoms with Gasteiger partial charge in [-0.25, -0.2) is 14.8 Å². The summed E-state index contributed by atoms with van der Waals surface area (Å²) in [6.07, 6.45) is 1.75. The molecule has 2 N–H and O–H groups in total. The number of fused-ring (bicyclic) bond motifs is 1. The molecule has 0 bridgehead atoms. The van der Waals surface area contributed by atoms with Crippen molar-refractivity contribution in [2.24, 2.45) is 0 Å². The minimum Gasteiger partial charge on any atom is -0.478 e. The van der Waals surface area contributed by atoms with E-state index in [1.165, 1.54) is 11.3 Å². The van der Waals surface area contributed by atoms with E-state index in [4.69, 9.17) is 16.6 Å². The SMILES string of the molecule is Cc1cc(C)c2nc(-c3cccc(NCc4cnc(Cl)s4)c3)cc(C(=O)O)c2c1. The normalized spacial score (nSPS) is 11.0. The van der Waals surface area contributed by atoms with Crippen molar-refractivity contribution in [1.29, 1.82) is 0 Å². The van der Waals surface area contributed by atoms with E-state index in [1.807, 2.05) is 50.2 Å². The van der Waals surface area contributed by atoms with Crippen LogP contribution in [0.5, 0.6) is 0 Å². The van der Waals surface area contributed by atoms with Crippen LogP contribution in [-0.2, 0) is 6.54 Å². The zero-order valence-corrected chi connectivity index (χ0v) is 17.4. The van der Waals surface area contributed by atoms with E-state index in [2.05, 4.69) is 10.3 Å². The average molecular weight is 424 g/mol. The number of aromatic carboxylic acids is 1. The number of nitrogens with one attached hydrogen (secondary N) is 1. The molecule has 2 heterocycles. The number of hydrogen-bond donors (Lipinski definition) is 2. The molecule has 0 unspecified atom stereocenters. The molecule has 0 saturated heterocycles. The van der Waals surface area contributed by atoms with Crippen molar-refractivity contribution in [3.05, 3.63) is 74.7 Å². The van der Waals surface area contributed by atoms with Crippen LogP contribution in [0.1, 0.15) is 26.4 Å². The highest BCUT2D eigenvalue weighted by Crippen LogP contribution is 2.29. The van der Waals surface area contributed by atoms with Gasteiger partial charge in [-0.2, -0.15) is 0 Å². The highest BCUT2D eigenvalue weighted by Gasteiger charge is 2.15. The van der Waals surface area contributed by atoms with Gasteiger partial charge in [-0.1, -0.05) is 35.4 Å². The van der Waals surface area contributed by atoms with Crippen LogP contribution in [0.3, 0.4) is 0 Å². The number of carbonyl (C=O) groups is 1. The third kappa shape index (κ3) is 4.09. The lowest BCUT2D eigenvalue weighted by atomic mass is 9.99. The van der Waals surface area contributed by atoms with Gasteiger partial charge in [0.05, 0.1) is 23.3 Å². The summed E-state index contributed by atoms with van der Waals surface area (Å²) in [4.78, 5) is 21.7. The molecule has 0 spiro atoms. The van der Waals surface area contributed by atoms with Crippen LogP contribution in [0, 0.1) is 13.8 Å². The number of aromatic nitrogens is 2. The van der Waals surface area contributed by atoms with E-state index in [1.54, 1.807) is 12.3 Å². The maximum Gasteiger partial charge on any atom is 0.336 e. The molecule has 146 valence electrons. The van der Waals surface area contributed by atoms with Gasteiger partial charge in [0.25, 0.3) is 0 Å². The minimum absolute atomic E-state index is 0.259. The largest absolute Gasteiger partial charge is 0.478 e. The van der Waals surface area contributed by atoms with Gasteiger partial charge in [0.2, 0.25) is 0 Å². The summed E-state index contributed by atoms with van der Waals surface area (Å²) in [6.45, 7) is 4.52. The number of carboxylic acid groups (broad SMARTS) is 1. The first kappa shape index (κ1) is 19.4. The molecule has 0 fully saturated rings. The van der Waals surface area contributed by atoms with Crippen LogP contribution >= 0.6 is 22.9 Å². The predicted octanol–water partition coefficient (Wildman–Crippen LogP) is 5.94. The van der Waals surface area contributed by atoms with Gasteiger partial charge >= 0.3 is 5.97 Å². The van der Waals surface area contributed by atoms with Gasteiger partial charge in [0, 0.05) is 27.7 Å². The molecule has 0 radical (unpaired) electrons. The predicted molar refractivity (Wildman–Crippen MR) is 118 cm³/mol. The van der Waals surface area contributed by atoms with Gasteiger partial charge < -0.3 is 10.4 Å². The molecule has 2 aromatic carbocycles. The fourth-order valence-corrected chi connectivity index (χ4v) is 4.27. The fraction of sp³-hybridized carbons (Fsp3) is 0.136. The van der Waals surface area contributed by atoms with Crippen molar-refractivity contribution < 1.29 is 9.90 Å². The summed E-state index contributed by atoms with van der Waals surface area (Å²) in [7, 11) is 0. The number of pyridine rings is 1. The smallest absolute Gasteiger partial charge is 0.336 e. The van der Waals surface area contributed by atoms with Crippen molar-refractivity contribution in [3.63, 3.8) is 0 Å². The minimum atomic E-state index is -0.958. The molecule has 4 rings (SSSR count). The highest BCUT2D eigenvalue weighted by molar-refractivity contribution is 7.15. The van der Waals surface area contributed by atoms with Crippen molar-refractivity contribution in [2.45, 2.75) is 20.4 Å². The highest BCUT2D eigenvalue weighted by atomic mass is 35.5. The second kappa shape index (κ2) is 7.81. The van der Waals surface area contributed by atoms with Crippen LogP contribution < -0.4 is 5.32 Å². The van der Waals surface area contributed by atoms with Gasteiger partial charge in [0.15, 0.2) is 4.47 Å². The Hall–Kier alpha value is -2.96.